The van der Waals surface area contributed by atoms with Gasteiger partial charge in [0, 0.05) is 6.42 Å². The third kappa shape index (κ3) is 5.47. The summed E-state index contributed by atoms with van der Waals surface area (Å²) in [5.41, 5.74) is 0. The molecule has 0 bridgehead atoms. The van der Waals surface area contributed by atoms with Gasteiger partial charge in [0.2, 0.25) is 0 Å². The van der Waals surface area contributed by atoms with E-state index in [1.54, 1.807) is 0 Å². The van der Waals surface area contributed by atoms with Crippen molar-refractivity contribution in [1.29, 1.82) is 0 Å². The smallest absolute Gasteiger partial charge is 0.303 e. The second kappa shape index (κ2) is 4.62. The predicted molar refractivity (Wildman–Crippen MR) is 31.5 cm³/mol. The Morgan fingerprint density at radius 2 is 2.12 bits per heavy atom. The maximum Gasteiger partial charge on any atom is 0.303 e. The molecule has 0 aromatic carbocycles. The summed E-state index contributed by atoms with van der Waals surface area (Å²) in [5.74, 6) is -0.710. The van der Waals surface area contributed by atoms with E-state index in [9.17, 15) is 4.79 Å². The predicted octanol–water partition coefficient (Wildman–Crippen LogP) is 1.47. The van der Waals surface area contributed by atoms with Crippen LogP contribution in [-0.4, -0.2) is 11.1 Å². The summed E-state index contributed by atoms with van der Waals surface area (Å²) >= 11 is 0. The Balaban J connectivity index is 2.82. The molecule has 0 aliphatic heterocycles. The fourth-order valence-corrected chi connectivity index (χ4v) is 0.453. The second-order valence-corrected chi connectivity index (χ2v) is 1.70. The summed E-state index contributed by atoms with van der Waals surface area (Å²) in [5, 5.41) is 8.12. The highest BCUT2D eigenvalue weighted by atomic mass is 16.4. The van der Waals surface area contributed by atoms with Crippen LogP contribution >= 0.6 is 0 Å². The zero-order valence-electron chi connectivity index (χ0n) is 4.89. The van der Waals surface area contributed by atoms with Gasteiger partial charge in [-0.05, 0) is 6.42 Å². The number of carbonyl (C=O) groups is 1. The fourth-order valence-electron chi connectivity index (χ4n) is 0.453. The monoisotopic (exact) mass is 115 g/mol. The van der Waals surface area contributed by atoms with E-state index in [1.807, 2.05) is 0 Å². The Kier molecular flexibility index (Phi) is 4.32. The van der Waals surface area contributed by atoms with Crippen LogP contribution in [0.15, 0.2) is 0 Å². The van der Waals surface area contributed by atoms with Gasteiger partial charge in [-0.3, -0.25) is 4.79 Å². The maximum atomic E-state index is 9.85. The number of hydrogen-bond acceptors (Lipinski definition) is 1. The van der Waals surface area contributed by atoms with Crippen LogP contribution in [0.3, 0.4) is 0 Å². The van der Waals surface area contributed by atoms with Crippen molar-refractivity contribution in [2.45, 2.75) is 25.7 Å². The number of rotatable bonds is 4. The standard InChI is InChI=1S/C6H11O2/c1-2-3-4-5-6(7)8/h1-5H2,(H,7,8). The number of hydrogen-bond donors (Lipinski definition) is 1. The van der Waals surface area contributed by atoms with Crippen molar-refractivity contribution in [1.82, 2.24) is 0 Å². The first-order valence-electron chi connectivity index (χ1n) is 2.78. The first-order chi connectivity index (χ1) is 3.77. The Hall–Kier alpha value is -0.530. The van der Waals surface area contributed by atoms with E-state index in [1.165, 1.54) is 0 Å². The Labute approximate surface area is 49.5 Å². The van der Waals surface area contributed by atoms with Crippen molar-refractivity contribution in [3.05, 3.63) is 6.92 Å². The third-order valence-electron chi connectivity index (χ3n) is 0.891. The summed E-state index contributed by atoms with van der Waals surface area (Å²) in [6, 6.07) is 0. The van der Waals surface area contributed by atoms with Gasteiger partial charge in [0.1, 0.15) is 0 Å². The summed E-state index contributed by atoms with van der Waals surface area (Å²) in [6.45, 7) is 3.59. The molecule has 0 fully saturated rings. The number of carboxylic acids is 1. The molecule has 0 aromatic heterocycles. The van der Waals surface area contributed by atoms with Crippen LogP contribution in [0.4, 0.5) is 0 Å². The van der Waals surface area contributed by atoms with Gasteiger partial charge in [0.15, 0.2) is 0 Å². The molecule has 0 saturated carbocycles. The molecule has 0 atom stereocenters. The molecule has 0 amide bonds. The minimum Gasteiger partial charge on any atom is -0.481 e. The SMILES string of the molecule is [CH2]CCCCC(=O)O. The zero-order chi connectivity index (χ0) is 6.41. The van der Waals surface area contributed by atoms with Crippen molar-refractivity contribution < 1.29 is 9.90 Å². The molecule has 0 aliphatic carbocycles. The van der Waals surface area contributed by atoms with Crippen molar-refractivity contribution in [3.63, 3.8) is 0 Å². The average Bonchev–Trinajstić information content (AvgIpc) is 1.66. The van der Waals surface area contributed by atoms with Gasteiger partial charge >= 0.3 is 5.97 Å². The Morgan fingerprint density at radius 1 is 1.50 bits per heavy atom. The first-order valence-corrected chi connectivity index (χ1v) is 2.78. The van der Waals surface area contributed by atoms with E-state index >= 15 is 0 Å². The maximum absolute atomic E-state index is 9.85. The van der Waals surface area contributed by atoms with Crippen molar-refractivity contribution in [3.8, 4) is 0 Å². The van der Waals surface area contributed by atoms with E-state index in [2.05, 4.69) is 6.92 Å². The van der Waals surface area contributed by atoms with Gasteiger partial charge in [-0.15, -0.1) is 0 Å². The lowest BCUT2D eigenvalue weighted by Gasteiger charge is -1.89. The molecular weight excluding hydrogens is 104 g/mol. The highest BCUT2D eigenvalue weighted by Crippen LogP contribution is 1.96. The van der Waals surface area contributed by atoms with Gasteiger partial charge in [-0.25, -0.2) is 0 Å². The summed E-state index contributed by atoms with van der Waals surface area (Å²) in [4.78, 5) is 9.85. The largest absolute Gasteiger partial charge is 0.481 e. The van der Waals surface area contributed by atoms with Crippen molar-refractivity contribution in [2.75, 3.05) is 0 Å². The second-order valence-electron chi connectivity index (χ2n) is 1.70. The third-order valence-corrected chi connectivity index (χ3v) is 0.891. The Morgan fingerprint density at radius 3 is 2.50 bits per heavy atom. The summed E-state index contributed by atoms with van der Waals surface area (Å²) in [6.07, 6.45) is 2.81. The quantitative estimate of drug-likeness (QED) is 0.563. The zero-order valence-corrected chi connectivity index (χ0v) is 4.89. The van der Waals surface area contributed by atoms with Crippen molar-refractivity contribution in [2.24, 2.45) is 0 Å². The number of carboxylic acid groups (broad SMARTS) is 1. The van der Waals surface area contributed by atoms with Crippen LogP contribution in [0.5, 0.6) is 0 Å². The molecule has 0 rings (SSSR count). The summed E-state index contributed by atoms with van der Waals surface area (Å²) < 4.78 is 0. The average molecular weight is 115 g/mol. The molecule has 47 valence electrons. The van der Waals surface area contributed by atoms with Gasteiger partial charge in [0.25, 0.3) is 0 Å². The van der Waals surface area contributed by atoms with Crippen molar-refractivity contribution >= 4 is 5.97 Å². The van der Waals surface area contributed by atoms with E-state index in [0.717, 1.165) is 19.3 Å². The van der Waals surface area contributed by atoms with Gasteiger partial charge in [-0.1, -0.05) is 19.8 Å². The number of aliphatic carboxylic acids is 1. The minimum atomic E-state index is -0.710. The number of unbranched alkanes of at least 4 members (excludes halogenated alkanes) is 2. The molecule has 0 saturated heterocycles. The van der Waals surface area contributed by atoms with Crippen LogP contribution in [-0.2, 0) is 4.79 Å². The molecule has 0 unspecified atom stereocenters. The molecule has 1 radical (unpaired) electrons. The van der Waals surface area contributed by atoms with Gasteiger partial charge in [0.05, 0.1) is 0 Å². The molecule has 1 N–H and O–H groups in total. The van der Waals surface area contributed by atoms with Gasteiger partial charge < -0.3 is 5.11 Å². The molecule has 2 heteroatoms. The van der Waals surface area contributed by atoms with E-state index in [4.69, 9.17) is 5.11 Å². The highest BCUT2D eigenvalue weighted by molar-refractivity contribution is 5.66. The van der Waals surface area contributed by atoms with Crippen LogP contribution in [0.1, 0.15) is 25.7 Å². The lowest BCUT2D eigenvalue weighted by atomic mass is 10.2. The van der Waals surface area contributed by atoms with E-state index in [0.29, 0.717) is 0 Å². The van der Waals surface area contributed by atoms with Gasteiger partial charge in [-0.2, -0.15) is 0 Å². The van der Waals surface area contributed by atoms with E-state index in [-0.39, 0.29) is 6.42 Å². The lowest BCUT2D eigenvalue weighted by molar-refractivity contribution is -0.137. The van der Waals surface area contributed by atoms with Crippen LogP contribution < -0.4 is 0 Å². The van der Waals surface area contributed by atoms with Crippen LogP contribution in [0.2, 0.25) is 0 Å². The molecule has 8 heavy (non-hydrogen) atoms. The summed E-state index contributed by atoms with van der Waals surface area (Å²) in [7, 11) is 0. The topological polar surface area (TPSA) is 37.3 Å². The van der Waals surface area contributed by atoms with E-state index < -0.39 is 5.97 Å². The molecular formula is C6H11O2. The highest BCUT2D eigenvalue weighted by Gasteiger charge is 1.92. The molecule has 0 spiro atoms. The normalized spacial score (nSPS) is 9.12. The fraction of sp³-hybridized carbons (Fsp3) is 0.667. The lowest BCUT2D eigenvalue weighted by Crippen LogP contribution is -1.92. The molecule has 0 heterocycles. The molecule has 0 aromatic rings. The minimum absolute atomic E-state index is 0.287. The molecule has 2 nitrogen and oxygen atoms in total. The van der Waals surface area contributed by atoms with Crippen LogP contribution in [0, 0.1) is 6.92 Å². The molecule has 0 aliphatic rings. The first kappa shape index (κ1) is 7.47. The Bertz CT molecular complexity index is 68.9. The van der Waals surface area contributed by atoms with Crippen LogP contribution in [0.25, 0.3) is 0 Å².